The molecule has 3 N–H and O–H groups in total. The molecule has 7 heteroatoms. The fourth-order valence-corrected chi connectivity index (χ4v) is 3.30. The maximum absolute atomic E-state index is 12.3. The molecule has 1 amide bonds. The van der Waals surface area contributed by atoms with Crippen LogP contribution in [0.15, 0.2) is 12.4 Å². The highest BCUT2D eigenvalue weighted by Crippen LogP contribution is 2.32. The number of hydrogen-bond acceptors (Lipinski definition) is 6. The molecule has 1 unspecified atom stereocenters. The Kier molecular flexibility index (Phi) is 3.70. The van der Waals surface area contributed by atoms with Gasteiger partial charge in [-0.1, -0.05) is 0 Å². The summed E-state index contributed by atoms with van der Waals surface area (Å²) in [5.74, 6) is 1.62. The van der Waals surface area contributed by atoms with Crippen molar-refractivity contribution in [3.05, 3.63) is 18.0 Å². The van der Waals surface area contributed by atoms with Crippen molar-refractivity contribution >= 4 is 28.6 Å². The van der Waals surface area contributed by atoms with Crippen LogP contribution >= 0.6 is 0 Å². The number of aromatic nitrogens is 3. The summed E-state index contributed by atoms with van der Waals surface area (Å²) in [6.45, 7) is 3.56. The van der Waals surface area contributed by atoms with Crippen LogP contribution in [0.4, 0.5) is 11.8 Å². The summed E-state index contributed by atoms with van der Waals surface area (Å²) in [5, 5.41) is 4.16. The molecule has 0 spiro atoms. The van der Waals surface area contributed by atoms with Gasteiger partial charge in [-0.15, -0.1) is 0 Å². The van der Waals surface area contributed by atoms with Crippen LogP contribution in [0.1, 0.15) is 31.2 Å². The monoisotopic (exact) mass is 326 g/mol. The number of carbonyl (C=O) groups is 1. The van der Waals surface area contributed by atoms with E-state index in [-0.39, 0.29) is 12.0 Å². The second kappa shape index (κ2) is 5.89. The van der Waals surface area contributed by atoms with Gasteiger partial charge in [-0.3, -0.25) is 4.79 Å². The summed E-state index contributed by atoms with van der Waals surface area (Å²) in [5.41, 5.74) is 7.68. The standard InChI is InChI=1S/C17H22N6O/c1-10-7-19-15(18)13-8-20-17(22-14(10)13)21-12-3-2-6-23(9-12)16(24)11-4-5-11/h7-8,11-12H,2-6,9H2,1H3,(H2,18,19)(H,20,21,22). The number of nitrogens with one attached hydrogen (secondary N) is 1. The van der Waals surface area contributed by atoms with Crippen LogP contribution in [-0.4, -0.2) is 44.9 Å². The van der Waals surface area contributed by atoms with E-state index < -0.39 is 0 Å². The third-order valence-electron chi connectivity index (χ3n) is 4.83. The van der Waals surface area contributed by atoms with Gasteiger partial charge in [-0.25, -0.2) is 15.0 Å². The van der Waals surface area contributed by atoms with Crippen molar-refractivity contribution in [1.29, 1.82) is 0 Å². The molecule has 1 aliphatic heterocycles. The summed E-state index contributed by atoms with van der Waals surface area (Å²) >= 11 is 0. The van der Waals surface area contributed by atoms with Gasteiger partial charge in [0.15, 0.2) is 0 Å². The Labute approximate surface area is 140 Å². The third kappa shape index (κ3) is 2.86. The molecule has 126 valence electrons. The van der Waals surface area contributed by atoms with Gasteiger partial charge in [0.2, 0.25) is 11.9 Å². The van der Waals surface area contributed by atoms with Crippen LogP contribution < -0.4 is 11.1 Å². The number of rotatable bonds is 3. The number of aryl methyl sites for hydroxylation is 1. The first-order chi connectivity index (χ1) is 11.6. The van der Waals surface area contributed by atoms with Gasteiger partial charge in [0.05, 0.1) is 10.9 Å². The van der Waals surface area contributed by atoms with E-state index in [1.54, 1.807) is 12.4 Å². The topological polar surface area (TPSA) is 97.0 Å². The van der Waals surface area contributed by atoms with Crippen molar-refractivity contribution in [1.82, 2.24) is 19.9 Å². The van der Waals surface area contributed by atoms with Gasteiger partial charge >= 0.3 is 0 Å². The smallest absolute Gasteiger partial charge is 0.225 e. The number of amides is 1. The maximum Gasteiger partial charge on any atom is 0.225 e. The van der Waals surface area contributed by atoms with Crippen molar-refractivity contribution in [2.24, 2.45) is 5.92 Å². The first kappa shape index (κ1) is 15.1. The summed E-state index contributed by atoms with van der Waals surface area (Å²) in [6.07, 6.45) is 7.58. The largest absolute Gasteiger partial charge is 0.383 e. The molecule has 2 aliphatic rings. The van der Waals surface area contributed by atoms with Crippen molar-refractivity contribution < 1.29 is 4.79 Å². The Bertz CT molecular complexity index is 788. The number of hydrogen-bond donors (Lipinski definition) is 2. The minimum atomic E-state index is 0.193. The zero-order valence-corrected chi connectivity index (χ0v) is 13.8. The predicted octanol–water partition coefficient (Wildman–Crippen LogP) is 1.73. The Morgan fingerprint density at radius 1 is 1.29 bits per heavy atom. The van der Waals surface area contributed by atoms with E-state index in [0.717, 1.165) is 55.2 Å². The molecule has 4 rings (SSSR count). The Morgan fingerprint density at radius 3 is 2.92 bits per heavy atom. The number of nitrogen functional groups attached to an aromatic ring is 1. The molecule has 2 aromatic heterocycles. The van der Waals surface area contributed by atoms with E-state index in [9.17, 15) is 4.79 Å². The number of nitrogens with two attached hydrogens (primary N) is 1. The molecule has 7 nitrogen and oxygen atoms in total. The number of anilines is 2. The highest BCUT2D eigenvalue weighted by molar-refractivity contribution is 5.89. The SMILES string of the molecule is Cc1cnc(N)c2cnc(NC3CCCN(C(=O)C4CC4)C3)nc12. The molecule has 1 saturated carbocycles. The lowest BCUT2D eigenvalue weighted by Crippen LogP contribution is -2.45. The number of piperidine rings is 1. The lowest BCUT2D eigenvalue weighted by atomic mass is 10.1. The van der Waals surface area contributed by atoms with E-state index in [4.69, 9.17) is 5.73 Å². The van der Waals surface area contributed by atoms with Crippen molar-refractivity contribution in [2.75, 3.05) is 24.1 Å². The van der Waals surface area contributed by atoms with Gasteiger partial charge < -0.3 is 16.0 Å². The molecule has 0 bridgehead atoms. The van der Waals surface area contributed by atoms with E-state index in [2.05, 4.69) is 20.3 Å². The fraction of sp³-hybridized carbons (Fsp3) is 0.529. The number of nitrogens with zero attached hydrogens (tertiary/aromatic N) is 4. The van der Waals surface area contributed by atoms with Crippen molar-refractivity contribution in [3.63, 3.8) is 0 Å². The Balaban J connectivity index is 1.51. The van der Waals surface area contributed by atoms with Gasteiger partial charge in [0, 0.05) is 37.4 Å². The quantitative estimate of drug-likeness (QED) is 0.891. The summed E-state index contributed by atoms with van der Waals surface area (Å²) < 4.78 is 0. The molecular weight excluding hydrogens is 304 g/mol. The van der Waals surface area contributed by atoms with Crippen LogP contribution in [0.3, 0.4) is 0 Å². The van der Waals surface area contributed by atoms with E-state index >= 15 is 0 Å². The molecule has 0 aromatic carbocycles. The van der Waals surface area contributed by atoms with Crippen LogP contribution in [-0.2, 0) is 4.79 Å². The average molecular weight is 326 g/mol. The molecular formula is C17H22N6O. The predicted molar refractivity (Wildman–Crippen MR) is 92.4 cm³/mol. The lowest BCUT2D eigenvalue weighted by Gasteiger charge is -2.33. The summed E-state index contributed by atoms with van der Waals surface area (Å²) in [4.78, 5) is 27.4. The van der Waals surface area contributed by atoms with Crippen LogP contribution in [0.25, 0.3) is 10.9 Å². The van der Waals surface area contributed by atoms with Crippen LogP contribution in [0.2, 0.25) is 0 Å². The third-order valence-corrected chi connectivity index (χ3v) is 4.83. The number of pyridine rings is 1. The lowest BCUT2D eigenvalue weighted by molar-refractivity contribution is -0.133. The average Bonchev–Trinajstić information content (AvgIpc) is 3.43. The van der Waals surface area contributed by atoms with E-state index in [1.165, 1.54) is 0 Å². The molecule has 1 saturated heterocycles. The van der Waals surface area contributed by atoms with Crippen molar-refractivity contribution in [3.8, 4) is 0 Å². The Hall–Kier alpha value is -2.44. The number of carbonyl (C=O) groups excluding carboxylic acids is 1. The van der Waals surface area contributed by atoms with Gasteiger partial charge in [0.25, 0.3) is 0 Å². The van der Waals surface area contributed by atoms with Gasteiger partial charge in [-0.05, 0) is 38.2 Å². The zero-order chi connectivity index (χ0) is 16.7. The second-order valence-corrected chi connectivity index (χ2v) is 6.82. The molecule has 24 heavy (non-hydrogen) atoms. The minimum absolute atomic E-state index is 0.193. The molecule has 3 heterocycles. The van der Waals surface area contributed by atoms with E-state index in [0.29, 0.717) is 17.7 Å². The molecule has 2 fully saturated rings. The van der Waals surface area contributed by atoms with Crippen LogP contribution in [0, 0.1) is 12.8 Å². The highest BCUT2D eigenvalue weighted by atomic mass is 16.2. The summed E-state index contributed by atoms with van der Waals surface area (Å²) in [7, 11) is 0. The maximum atomic E-state index is 12.3. The summed E-state index contributed by atoms with van der Waals surface area (Å²) in [6, 6.07) is 0.193. The highest BCUT2D eigenvalue weighted by Gasteiger charge is 2.35. The molecule has 2 aromatic rings. The zero-order valence-electron chi connectivity index (χ0n) is 13.8. The van der Waals surface area contributed by atoms with E-state index in [1.807, 2.05) is 11.8 Å². The number of likely N-dealkylation sites (tertiary alicyclic amines) is 1. The minimum Gasteiger partial charge on any atom is -0.383 e. The molecule has 1 aliphatic carbocycles. The molecule has 1 atom stereocenters. The first-order valence-corrected chi connectivity index (χ1v) is 8.55. The second-order valence-electron chi connectivity index (χ2n) is 6.82. The molecule has 0 radical (unpaired) electrons. The normalized spacial score (nSPS) is 21.0. The van der Waals surface area contributed by atoms with Gasteiger partial charge in [0.1, 0.15) is 5.82 Å². The first-order valence-electron chi connectivity index (χ1n) is 8.55. The fourth-order valence-electron chi connectivity index (χ4n) is 3.30. The van der Waals surface area contributed by atoms with Crippen molar-refractivity contribution in [2.45, 2.75) is 38.6 Å². The van der Waals surface area contributed by atoms with Crippen LogP contribution in [0.5, 0.6) is 0 Å². The van der Waals surface area contributed by atoms with Gasteiger partial charge in [-0.2, -0.15) is 0 Å². The Morgan fingerprint density at radius 2 is 2.12 bits per heavy atom. The number of fused-ring (bicyclic) bond motifs is 1.